The van der Waals surface area contributed by atoms with Crippen molar-refractivity contribution in [3.63, 3.8) is 0 Å². The van der Waals surface area contributed by atoms with Gasteiger partial charge in [-0.25, -0.2) is 15.2 Å². The van der Waals surface area contributed by atoms with E-state index >= 15 is 0 Å². The van der Waals surface area contributed by atoms with Gasteiger partial charge in [0.1, 0.15) is 0 Å². The Hall–Kier alpha value is -2.04. The van der Waals surface area contributed by atoms with Crippen LogP contribution in [-0.2, 0) is 24.0 Å². The van der Waals surface area contributed by atoms with E-state index in [1.54, 1.807) is 0 Å². The van der Waals surface area contributed by atoms with Crippen LogP contribution < -0.4 is 16.4 Å². The van der Waals surface area contributed by atoms with Crippen molar-refractivity contribution >= 4 is 52.6 Å². The Labute approximate surface area is 253 Å². The predicted molar refractivity (Wildman–Crippen MR) is 147 cm³/mol. The molecule has 14 nitrogen and oxygen atoms in total. The summed E-state index contributed by atoms with van der Waals surface area (Å²) in [4.78, 5) is 58.4. The van der Waals surface area contributed by atoms with E-state index in [2.05, 4.69) is 10.6 Å². The second-order valence-electron chi connectivity index (χ2n) is 9.35. The standard InChI is InChI=1S/C25H48N6O8.Mg/c1-21(32)29(37)18-9-3-6-16-27-22(33)12-14-25(36)31(39)20-10-4-7-17-28-23(34)11-13-24(35)30(38)19-8-2-5-15-26;/h37-39H,2-20,26H2,1H3,(H,27,33)(H,28,34);. The van der Waals surface area contributed by atoms with Crippen molar-refractivity contribution < 1.29 is 39.6 Å². The molecule has 0 aromatic rings. The van der Waals surface area contributed by atoms with Crippen molar-refractivity contribution in [2.45, 2.75) is 90.4 Å². The molecule has 2 radical (unpaired) electrons. The lowest BCUT2D eigenvalue weighted by Crippen LogP contribution is -2.31. The monoisotopic (exact) mass is 584 g/mol. The molecule has 0 rings (SSSR count). The fourth-order valence-corrected chi connectivity index (χ4v) is 3.45. The molecule has 0 fully saturated rings. The maximum atomic E-state index is 12.0. The third-order valence-corrected chi connectivity index (χ3v) is 5.88. The predicted octanol–water partition coefficient (Wildman–Crippen LogP) is 0.541. The minimum atomic E-state index is -0.548. The smallest absolute Gasteiger partial charge is 0.246 e. The van der Waals surface area contributed by atoms with Crippen LogP contribution in [0.3, 0.4) is 0 Å². The Balaban J connectivity index is 0. The average Bonchev–Trinajstić information content (AvgIpc) is 2.91. The first-order valence-corrected chi connectivity index (χ1v) is 13.8. The van der Waals surface area contributed by atoms with E-state index in [4.69, 9.17) is 5.73 Å². The number of carbonyl (C=O) groups excluding carboxylic acids is 5. The van der Waals surface area contributed by atoms with Crippen LogP contribution in [0, 0.1) is 0 Å². The maximum Gasteiger partial charge on any atom is 0.246 e. The topological polar surface area (TPSA) is 206 Å². The molecule has 0 saturated carbocycles. The Morgan fingerprint density at radius 1 is 0.575 bits per heavy atom. The van der Waals surface area contributed by atoms with E-state index < -0.39 is 17.7 Å². The molecule has 0 aromatic carbocycles. The van der Waals surface area contributed by atoms with Gasteiger partial charge in [0.15, 0.2) is 0 Å². The average molecular weight is 585 g/mol. The summed E-state index contributed by atoms with van der Waals surface area (Å²) in [6.45, 7) is 3.22. The van der Waals surface area contributed by atoms with Crippen LogP contribution in [0.25, 0.3) is 0 Å². The molecular weight excluding hydrogens is 537 g/mol. The largest absolute Gasteiger partial charge is 0.356 e. The van der Waals surface area contributed by atoms with Gasteiger partial charge in [0.25, 0.3) is 0 Å². The fourth-order valence-electron chi connectivity index (χ4n) is 3.45. The summed E-state index contributed by atoms with van der Waals surface area (Å²) >= 11 is 0. The molecule has 0 aromatic heterocycles. The van der Waals surface area contributed by atoms with Gasteiger partial charge in [0.05, 0.1) is 0 Å². The molecule has 0 saturated heterocycles. The lowest BCUT2D eigenvalue weighted by molar-refractivity contribution is -0.166. The summed E-state index contributed by atoms with van der Waals surface area (Å²) < 4.78 is 0. The summed E-state index contributed by atoms with van der Waals surface area (Å²) in [5, 5.41) is 36.1. The van der Waals surface area contributed by atoms with Gasteiger partial charge < -0.3 is 16.4 Å². The summed E-state index contributed by atoms with van der Waals surface area (Å²) in [5.41, 5.74) is 5.39. The van der Waals surface area contributed by atoms with E-state index in [1.165, 1.54) is 6.92 Å². The van der Waals surface area contributed by atoms with Gasteiger partial charge >= 0.3 is 0 Å². The zero-order valence-corrected chi connectivity index (χ0v) is 25.4. The minimum absolute atomic E-state index is 0. The second kappa shape index (κ2) is 25.9. The van der Waals surface area contributed by atoms with Crippen LogP contribution in [0.4, 0.5) is 0 Å². The van der Waals surface area contributed by atoms with E-state index in [0.29, 0.717) is 73.3 Å². The van der Waals surface area contributed by atoms with Gasteiger partial charge in [0, 0.05) is 88.4 Å². The lowest BCUT2D eigenvalue weighted by Gasteiger charge is -2.15. The summed E-state index contributed by atoms with van der Waals surface area (Å²) in [7, 11) is 0. The van der Waals surface area contributed by atoms with Gasteiger partial charge in [0.2, 0.25) is 29.5 Å². The van der Waals surface area contributed by atoms with Crippen LogP contribution in [0.15, 0.2) is 0 Å². The number of hydrogen-bond acceptors (Lipinski definition) is 9. The van der Waals surface area contributed by atoms with E-state index in [0.717, 1.165) is 19.3 Å². The normalized spacial score (nSPS) is 10.3. The quantitative estimate of drug-likeness (QED) is 0.0428. The summed E-state index contributed by atoms with van der Waals surface area (Å²) in [6.07, 6.45) is 5.84. The van der Waals surface area contributed by atoms with Crippen molar-refractivity contribution in [2.24, 2.45) is 5.73 Å². The van der Waals surface area contributed by atoms with Gasteiger partial charge in [-0.15, -0.1) is 0 Å². The molecule has 40 heavy (non-hydrogen) atoms. The highest BCUT2D eigenvalue weighted by atomic mass is 24.3. The molecule has 0 spiro atoms. The third kappa shape index (κ3) is 22.7. The molecule has 7 N–H and O–H groups in total. The molecule has 5 amide bonds. The number of nitrogens with one attached hydrogen (secondary N) is 2. The first-order valence-electron chi connectivity index (χ1n) is 13.8. The van der Waals surface area contributed by atoms with E-state index in [9.17, 15) is 39.6 Å². The molecule has 0 aliphatic heterocycles. The third-order valence-electron chi connectivity index (χ3n) is 5.88. The Bertz CT molecular complexity index is 746. The zero-order valence-electron chi connectivity index (χ0n) is 23.9. The maximum absolute atomic E-state index is 12.0. The Kier molecular flexibility index (Phi) is 26.0. The molecule has 15 heteroatoms. The fraction of sp³-hybridized carbons (Fsp3) is 0.800. The van der Waals surface area contributed by atoms with Crippen molar-refractivity contribution in [1.29, 1.82) is 0 Å². The zero-order chi connectivity index (χ0) is 29.5. The van der Waals surface area contributed by atoms with Crippen LogP contribution in [0.1, 0.15) is 90.4 Å². The van der Waals surface area contributed by atoms with Crippen LogP contribution in [0.2, 0.25) is 0 Å². The number of rotatable bonds is 23. The molecule has 0 aliphatic rings. The highest BCUT2D eigenvalue weighted by Crippen LogP contribution is 2.03. The summed E-state index contributed by atoms with van der Waals surface area (Å²) in [6, 6.07) is 0. The molecule has 228 valence electrons. The van der Waals surface area contributed by atoms with Crippen molar-refractivity contribution in [3.8, 4) is 0 Å². The first kappa shape index (κ1) is 40.1. The number of nitrogens with two attached hydrogens (primary N) is 1. The molecule has 0 heterocycles. The molecular formula is C25H48MgN6O8. The number of amides is 5. The lowest BCUT2D eigenvalue weighted by atomic mass is 10.2. The Morgan fingerprint density at radius 2 is 0.950 bits per heavy atom. The van der Waals surface area contributed by atoms with Crippen molar-refractivity contribution in [3.05, 3.63) is 0 Å². The molecule has 0 atom stereocenters. The van der Waals surface area contributed by atoms with E-state index in [-0.39, 0.29) is 80.2 Å². The summed E-state index contributed by atoms with van der Waals surface area (Å²) in [5.74, 6) is -2.05. The second-order valence-corrected chi connectivity index (χ2v) is 9.35. The number of hydroxylamine groups is 6. The van der Waals surface area contributed by atoms with Gasteiger partial charge in [-0.1, -0.05) is 6.42 Å². The SMILES string of the molecule is CC(=O)N(O)CCCCCNC(=O)CCC(=O)N(O)CCCCCNC(=O)CCC(=O)N(O)CCCCCN.[Mg]. The van der Waals surface area contributed by atoms with E-state index in [1.807, 2.05) is 0 Å². The van der Waals surface area contributed by atoms with Gasteiger partial charge in [-0.05, 0) is 57.9 Å². The number of hydrogen-bond donors (Lipinski definition) is 6. The minimum Gasteiger partial charge on any atom is -0.356 e. The number of carbonyl (C=O) groups is 5. The van der Waals surface area contributed by atoms with Crippen LogP contribution in [-0.4, -0.2) is 123 Å². The number of unbranched alkanes of at least 4 members (excludes halogenated alkanes) is 6. The van der Waals surface area contributed by atoms with Crippen molar-refractivity contribution in [2.75, 3.05) is 39.3 Å². The highest BCUT2D eigenvalue weighted by Gasteiger charge is 2.14. The molecule has 0 bridgehead atoms. The Morgan fingerprint density at radius 3 is 1.32 bits per heavy atom. The van der Waals surface area contributed by atoms with Crippen LogP contribution in [0.5, 0.6) is 0 Å². The first-order chi connectivity index (χ1) is 18.6. The molecule has 0 unspecified atom stereocenters. The molecule has 0 aliphatic carbocycles. The number of nitrogens with zero attached hydrogens (tertiary/aromatic N) is 3. The van der Waals surface area contributed by atoms with Gasteiger partial charge in [-0.2, -0.15) is 0 Å². The van der Waals surface area contributed by atoms with Crippen LogP contribution >= 0.6 is 0 Å². The highest BCUT2D eigenvalue weighted by molar-refractivity contribution is 5.83. The van der Waals surface area contributed by atoms with Crippen molar-refractivity contribution in [1.82, 2.24) is 25.8 Å². The van der Waals surface area contributed by atoms with Gasteiger partial charge in [-0.3, -0.25) is 39.6 Å².